The maximum atomic E-state index is 12.9. The van der Waals surface area contributed by atoms with E-state index >= 15 is 0 Å². The molecule has 102 heavy (non-hydrogen) atoms. The number of carbonyl (C=O) groups excluding carboxylic acids is 2. The van der Waals surface area contributed by atoms with Crippen LogP contribution >= 0.6 is 7.82 Å². The van der Waals surface area contributed by atoms with Crippen molar-refractivity contribution < 1.29 is 42.1 Å². The van der Waals surface area contributed by atoms with Crippen molar-refractivity contribution in [2.75, 3.05) is 47.5 Å². The number of ether oxygens (including phenoxy) is 2. The van der Waals surface area contributed by atoms with E-state index < -0.39 is 26.5 Å². The van der Waals surface area contributed by atoms with Gasteiger partial charge in [-0.1, -0.05) is 413 Å². The van der Waals surface area contributed by atoms with Gasteiger partial charge in [-0.05, 0) is 96.3 Å². The van der Waals surface area contributed by atoms with Gasteiger partial charge in [-0.25, -0.2) is 4.57 Å². The van der Waals surface area contributed by atoms with Gasteiger partial charge in [0.2, 0.25) is 0 Å². The average Bonchev–Trinajstić information content (AvgIpc) is 0.913. The first-order valence-corrected chi connectivity index (χ1v) is 45.5. The molecule has 0 radical (unpaired) electrons. The summed E-state index contributed by atoms with van der Waals surface area (Å²) in [5.74, 6) is -0.777. The molecule has 0 heterocycles. The fourth-order valence-electron chi connectivity index (χ4n) is 12.9. The Hall–Kier alpha value is -3.07. The summed E-state index contributed by atoms with van der Waals surface area (Å²) < 4.78 is 34.9. The van der Waals surface area contributed by atoms with Crippen molar-refractivity contribution in [3.05, 3.63) is 97.2 Å². The van der Waals surface area contributed by atoms with Crippen LogP contribution in [0.2, 0.25) is 0 Å². The molecule has 2 atom stereocenters. The Morgan fingerprint density at radius 1 is 0.314 bits per heavy atom. The molecule has 0 saturated carbocycles. The molecule has 9 nitrogen and oxygen atoms in total. The van der Waals surface area contributed by atoms with Gasteiger partial charge in [0, 0.05) is 12.8 Å². The molecule has 0 aromatic rings. The van der Waals surface area contributed by atoms with Crippen LogP contribution in [0.25, 0.3) is 0 Å². The van der Waals surface area contributed by atoms with Crippen molar-refractivity contribution in [2.45, 2.75) is 431 Å². The molecule has 0 amide bonds. The van der Waals surface area contributed by atoms with E-state index in [0.29, 0.717) is 23.9 Å². The number of quaternary nitrogens is 1. The minimum Gasteiger partial charge on any atom is -0.462 e. The topological polar surface area (TPSA) is 108 Å². The normalized spacial score (nSPS) is 13.4. The SMILES string of the molecule is CC/C=C\C/C=C\C/C=C\C/C=C\C/C=C\C/C=C\CCCCCCCCCCCCCCCCCCCCC(=O)OC(COC(=O)CCCCCCCCCCCCCCCCCCCCCCCCCCCCCCC/C=C\C/C=C\CCCCCCC)COP(=O)(O)OCC[N+](C)(C)C. The fourth-order valence-corrected chi connectivity index (χ4v) is 13.7. The number of hydrogen-bond acceptors (Lipinski definition) is 7. The molecule has 594 valence electrons. The third-order valence-corrected chi connectivity index (χ3v) is 20.6. The minimum absolute atomic E-state index is 0.0323. The van der Waals surface area contributed by atoms with Crippen LogP contribution < -0.4 is 0 Å². The van der Waals surface area contributed by atoms with Crippen LogP contribution in [0, 0.1) is 0 Å². The molecule has 0 fully saturated rings. The number of esters is 2. The van der Waals surface area contributed by atoms with Crippen LogP contribution in [0.15, 0.2) is 97.2 Å². The maximum Gasteiger partial charge on any atom is 0.472 e. The van der Waals surface area contributed by atoms with Gasteiger partial charge in [0.1, 0.15) is 19.8 Å². The lowest BCUT2D eigenvalue weighted by Gasteiger charge is -2.24. The molecule has 0 aliphatic carbocycles. The third-order valence-electron chi connectivity index (χ3n) is 19.6. The molecule has 1 N–H and O–H groups in total. The predicted molar refractivity (Wildman–Crippen MR) is 445 cm³/mol. The highest BCUT2D eigenvalue weighted by Crippen LogP contribution is 2.43. The number of allylic oxidation sites excluding steroid dienone is 16. The van der Waals surface area contributed by atoms with E-state index in [-0.39, 0.29) is 25.6 Å². The van der Waals surface area contributed by atoms with Crippen molar-refractivity contribution in [2.24, 2.45) is 0 Å². The molecule has 10 heteroatoms. The second-order valence-corrected chi connectivity index (χ2v) is 32.4. The Morgan fingerprint density at radius 2 is 0.559 bits per heavy atom. The molecule has 0 aliphatic heterocycles. The van der Waals surface area contributed by atoms with Gasteiger partial charge >= 0.3 is 19.8 Å². The highest BCUT2D eigenvalue weighted by atomic mass is 31.2. The summed E-state index contributed by atoms with van der Waals surface area (Å²) in [4.78, 5) is 36.1. The van der Waals surface area contributed by atoms with Crippen LogP contribution in [0.1, 0.15) is 425 Å². The first-order chi connectivity index (χ1) is 50.0. The number of carbonyl (C=O) groups is 2. The van der Waals surface area contributed by atoms with Gasteiger partial charge in [0.25, 0.3) is 0 Å². The molecule has 0 rings (SSSR count). The van der Waals surface area contributed by atoms with Crippen LogP contribution in [-0.2, 0) is 32.7 Å². The highest BCUT2D eigenvalue weighted by Gasteiger charge is 2.27. The van der Waals surface area contributed by atoms with E-state index in [1.54, 1.807) is 0 Å². The van der Waals surface area contributed by atoms with Crippen molar-refractivity contribution in [1.82, 2.24) is 0 Å². The molecular formula is C92H169NO8P+. The second-order valence-electron chi connectivity index (χ2n) is 30.9. The smallest absolute Gasteiger partial charge is 0.462 e. The summed E-state index contributed by atoms with van der Waals surface area (Å²) in [6.45, 7) is 4.37. The molecular weight excluding hydrogens is 1280 g/mol. The first-order valence-electron chi connectivity index (χ1n) is 44.0. The Kier molecular flexibility index (Phi) is 79.5. The highest BCUT2D eigenvalue weighted by molar-refractivity contribution is 7.47. The third kappa shape index (κ3) is 85.9. The Balaban J connectivity index is 3.87. The summed E-state index contributed by atoms with van der Waals surface area (Å²) >= 11 is 0. The van der Waals surface area contributed by atoms with Crippen LogP contribution in [-0.4, -0.2) is 74.9 Å². The van der Waals surface area contributed by atoms with Gasteiger partial charge in [0.05, 0.1) is 27.7 Å². The van der Waals surface area contributed by atoms with Crippen molar-refractivity contribution >= 4 is 19.8 Å². The largest absolute Gasteiger partial charge is 0.472 e. The summed E-state index contributed by atoms with van der Waals surface area (Å²) in [5.41, 5.74) is 0. The summed E-state index contributed by atoms with van der Waals surface area (Å²) in [6.07, 6.45) is 116. The number of rotatable bonds is 82. The number of likely N-dealkylation sites (N-methyl/N-ethyl adjacent to an activating group) is 1. The maximum absolute atomic E-state index is 12.9. The van der Waals surface area contributed by atoms with Crippen molar-refractivity contribution in [1.29, 1.82) is 0 Å². The second kappa shape index (κ2) is 82.0. The van der Waals surface area contributed by atoms with E-state index in [1.165, 1.54) is 315 Å². The summed E-state index contributed by atoms with van der Waals surface area (Å²) in [7, 11) is 1.49. The lowest BCUT2D eigenvalue weighted by molar-refractivity contribution is -0.870. The quantitative estimate of drug-likeness (QED) is 0.0211. The van der Waals surface area contributed by atoms with E-state index in [4.69, 9.17) is 18.5 Å². The van der Waals surface area contributed by atoms with Crippen molar-refractivity contribution in [3.63, 3.8) is 0 Å². The number of phosphoric acid groups is 1. The number of phosphoric ester groups is 1. The van der Waals surface area contributed by atoms with Crippen LogP contribution in [0.4, 0.5) is 0 Å². The Bertz CT molecular complexity index is 2050. The monoisotopic (exact) mass is 1450 g/mol. The minimum atomic E-state index is -4.40. The van der Waals surface area contributed by atoms with Crippen molar-refractivity contribution in [3.8, 4) is 0 Å². The van der Waals surface area contributed by atoms with Gasteiger partial charge in [0.15, 0.2) is 6.10 Å². The number of hydrogen-bond donors (Lipinski definition) is 1. The summed E-state index contributed by atoms with van der Waals surface area (Å²) in [5, 5.41) is 0. The zero-order chi connectivity index (χ0) is 74.0. The number of unbranched alkanes of at least 4 members (excludes halogenated alkanes) is 52. The lowest BCUT2D eigenvalue weighted by atomic mass is 10.0. The van der Waals surface area contributed by atoms with E-state index in [2.05, 4.69) is 111 Å². The standard InChI is InChI=1S/C92H168NO8P/c1-6-8-10-12-14-16-18-20-22-24-26-28-30-32-34-36-38-40-42-44-45-46-47-49-50-52-54-56-58-60-62-64-66-68-70-72-74-76-78-80-82-84-91(94)98-88-90(89-100-102(96,97)99-87-86-93(3,4)5)101-92(95)85-83-81-79-77-75-73-71-69-67-65-63-61-59-57-55-53-51-48-43-41-39-37-35-33-31-29-27-25-23-21-19-17-15-13-11-9-7-2/h9,11,15,17-18,20-21,23-24,26-27,29,33,35,39,41,90H,6-8,10,12-14,16,19,22,25,28,30-32,34,36-38,40,42-89H2,1-5H3/p+1/b11-9-,17-15-,20-18-,23-21-,26-24-,29-27-,35-33-,41-39-. The molecule has 2 unspecified atom stereocenters. The molecule has 0 saturated heterocycles. The van der Waals surface area contributed by atoms with E-state index in [9.17, 15) is 19.0 Å². The number of nitrogens with zero attached hydrogens (tertiary/aromatic N) is 1. The van der Waals surface area contributed by atoms with Crippen LogP contribution in [0.3, 0.4) is 0 Å². The lowest BCUT2D eigenvalue weighted by Crippen LogP contribution is -2.37. The Labute approximate surface area is 634 Å². The van der Waals surface area contributed by atoms with Gasteiger partial charge in [-0.3, -0.25) is 18.6 Å². The van der Waals surface area contributed by atoms with Gasteiger partial charge in [-0.2, -0.15) is 0 Å². The van der Waals surface area contributed by atoms with Gasteiger partial charge < -0.3 is 18.9 Å². The molecule has 0 aliphatic rings. The van der Waals surface area contributed by atoms with Crippen LogP contribution in [0.5, 0.6) is 0 Å². The fraction of sp³-hybridized carbons (Fsp3) is 0.804. The van der Waals surface area contributed by atoms with Gasteiger partial charge in [-0.15, -0.1) is 0 Å². The molecule has 0 spiro atoms. The predicted octanol–water partition coefficient (Wildman–Crippen LogP) is 29.7. The molecule has 0 aromatic carbocycles. The molecule has 0 aromatic heterocycles. The summed E-state index contributed by atoms with van der Waals surface area (Å²) in [6, 6.07) is 0. The zero-order valence-corrected chi connectivity index (χ0v) is 69.0. The van der Waals surface area contributed by atoms with E-state index in [1.807, 2.05) is 21.1 Å². The Morgan fingerprint density at radius 3 is 0.833 bits per heavy atom. The average molecular weight is 1450 g/mol. The zero-order valence-electron chi connectivity index (χ0n) is 68.1. The first kappa shape index (κ1) is 98.9. The molecule has 0 bridgehead atoms. The van der Waals surface area contributed by atoms with E-state index in [0.717, 1.165) is 77.0 Å².